The van der Waals surface area contributed by atoms with E-state index in [1.807, 2.05) is 41.5 Å². The van der Waals surface area contributed by atoms with Crippen molar-refractivity contribution >= 4 is 5.97 Å². The molecule has 4 unspecified atom stereocenters. The summed E-state index contributed by atoms with van der Waals surface area (Å²) in [5.41, 5.74) is -0.799. The number of aliphatic hydroxyl groups excluding tert-OH is 3. The second-order valence-electron chi connectivity index (χ2n) is 8.14. The molecule has 0 radical (unpaired) electrons. The number of hydrogen-bond donors (Lipinski definition) is 3. The normalized spacial score (nSPS) is 18.0. The molecule has 0 aromatic rings. The molecular formula is C16H31NaO5. The van der Waals surface area contributed by atoms with E-state index in [0.717, 1.165) is 0 Å². The first-order chi connectivity index (χ1) is 9.25. The van der Waals surface area contributed by atoms with Crippen LogP contribution in [-0.2, 0) is 4.79 Å². The Hall–Kier alpha value is 0.350. The summed E-state index contributed by atoms with van der Waals surface area (Å²) in [5.74, 6) is -2.20. The fourth-order valence-corrected chi connectivity index (χ4v) is 1.95. The van der Waals surface area contributed by atoms with Gasteiger partial charge in [-0.25, -0.2) is 0 Å². The number of aliphatic carboxylic acids is 1. The SMILES string of the molecule is CC(C)(C)C(O)CC(O)CC(CC(O)C(C)(C)C)C(=O)[O-].[Na+]. The minimum Gasteiger partial charge on any atom is -0.550 e. The van der Waals surface area contributed by atoms with E-state index in [-0.39, 0.29) is 54.2 Å². The van der Waals surface area contributed by atoms with Crippen LogP contribution < -0.4 is 34.7 Å². The Morgan fingerprint density at radius 1 is 0.864 bits per heavy atom. The topological polar surface area (TPSA) is 101 Å². The largest absolute Gasteiger partial charge is 1.00 e. The van der Waals surface area contributed by atoms with Crippen LogP contribution in [0.4, 0.5) is 0 Å². The average molecular weight is 326 g/mol. The van der Waals surface area contributed by atoms with E-state index in [0.29, 0.717) is 0 Å². The van der Waals surface area contributed by atoms with Gasteiger partial charge in [0.25, 0.3) is 0 Å². The minimum atomic E-state index is -1.28. The van der Waals surface area contributed by atoms with Gasteiger partial charge in [0.2, 0.25) is 0 Å². The Morgan fingerprint density at radius 2 is 1.23 bits per heavy atom. The summed E-state index contributed by atoms with van der Waals surface area (Å²) in [6, 6.07) is 0. The second kappa shape index (κ2) is 9.60. The Balaban J connectivity index is 0. The third-order valence-corrected chi connectivity index (χ3v) is 3.89. The van der Waals surface area contributed by atoms with E-state index in [9.17, 15) is 25.2 Å². The molecule has 0 heterocycles. The molecule has 22 heavy (non-hydrogen) atoms. The van der Waals surface area contributed by atoms with Crippen LogP contribution in [0.15, 0.2) is 0 Å². The van der Waals surface area contributed by atoms with Crippen LogP contribution in [-0.4, -0.2) is 39.6 Å². The summed E-state index contributed by atoms with van der Waals surface area (Å²) >= 11 is 0. The Labute approximate surface area is 156 Å². The zero-order valence-corrected chi connectivity index (χ0v) is 17.1. The molecule has 5 nitrogen and oxygen atoms in total. The number of aliphatic hydroxyl groups is 3. The van der Waals surface area contributed by atoms with Crippen LogP contribution in [0.3, 0.4) is 0 Å². The monoisotopic (exact) mass is 326 g/mol. The maximum absolute atomic E-state index is 11.2. The van der Waals surface area contributed by atoms with Gasteiger partial charge in [-0.2, -0.15) is 0 Å². The number of carbonyl (C=O) groups is 1. The van der Waals surface area contributed by atoms with Crippen molar-refractivity contribution in [3.63, 3.8) is 0 Å². The van der Waals surface area contributed by atoms with Gasteiger partial charge in [0.1, 0.15) is 0 Å². The average Bonchev–Trinajstić information content (AvgIpc) is 2.24. The third kappa shape index (κ3) is 9.48. The van der Waals surface area contributed by atoms with Crippen molar-refractivity contribution in [3.8, 4) is 0 Å². The molecule has 0 bridgehead atoms. The summed E-state index contributed by atoms with van der Waals surface area (Å²) in [5, 5.41) is 41.1. The summed E-state index contributed by atoms with van der Waals surface area (Å²) in [6.07, 6.45) is -2.33. The van der Waals surface area contributed by atoms with Crippen molar-refractivity contribution in [1.82, 2.24) is 0 Å². The summed E-state index contributed by atoms with van der Waals surface area (Å²) in [4.78, 5) is 11.2. The minimum absolute atomic E-state index is 0. The van der Waals surface area contributed by atoms with Crippen LogP contribution in [0.1, 0.15) is 60.8 Å². The van der Waals surface area contributed by atoms with E-state index < -0.39 is 35.6 Å². The van der Waals surface area contributed by atoms with Gasteiger partial charge in [0, 0.05) is 11.9 Å². The molecule has 0 spiro atoms. The molecule has 0 aliphatic carbocycles. The van der Waals surface area contributed by atoms with Gasteiger partial charge < -0.3 is 25.2 Å². The first kappa shape index (κ1) is 24.6. The van der Waals surface area contributed by atoms with Crippen LogP contribution in [0.25, 0.3) is 0 Å². The van der Waals surface area contributed by atoms with Gasteiger partial charge in [-0.3, -0.25) is 0 Å². The number of carbonyl (C=O) groups excluding carboxylic acids is 1. The molecule has 0 aliphatic heterocycles. The second-order valence-corrected chi connectivity index (χ2v) is 8.14. The molecule has 3 N–H and O–H groups in total. The molecule has 0 saturated carbocycles. The molecule has 6 heteroatoms. The van der Waals surface area contributed by atoms with Crippen molar-refractivity contribution in [2.45, 2.75) is 79.1 Å². The van der Waals surface area contributed by atoms with Crippen molar-refractivity contribution in [2.24, 2.45) is 16.7 Å². The molecular weight excluding hydrogens is 295 g/mol. The first-order valence-corrected chi connectivity index (χ1v) is 7.50. The maximum Gasteiger partial charge on any atom is 1.00 e. The molecule has 126 valence electrons. The standard InChI is InChI=1S/C16H32O5.Na/c1-15(2,3)12(18)8-10(14(20)21)7-11(17)9-13(19)16(4,5)6;/h10-13,17-19H,7-9H2,1-6H3,(H,20,21);/q;+1/p-1. The first-order valence-electron chi connectivity index (χ1n) is 7.50. The Bertz CT molecular complexity index is 332. The van der Waals surface area contributed by atoms with E-state index >= 15 is 0 Å². The van der Waals surface area contributed by atoms with Crippen LogP contribution in [0, 0.1) is 16.7 Å². The fraction of sp³-hybridized carbons (Fsp3) is 0.938. The number of rotatable bonds is 7. The van der Waals surface area contributed by atoms with Gasteiger partial charge >= 0.3 is 29.6 Å². The molecule has 0 aliphatic rings. The zero-order valence-electron chi connectivity index (χ0n) is 15.1. The van der Waals surface area contributed by atoms with Crippen LogP contribution in [0.2, 0.25) is 0 Å². The maximum atomic E-state index is 11.2. The molecule has 0 rings (SSSR count). The van der Waals surface area contributed by atoms with E-state index in [1.165, 1.54) is 0 Å². The van der Waals surface area contributed by atoms with E-state index in [1.54, 1.807) is 0 Å². The quantitative estimate of drug-likeness (QED) is 0.457. The van der Waals surface area contributed by atoms with Crippen molar-refractivity contribution in [1.29, 1.82) is 0 Å². The Morgan fingerprint density at radius 3 is 1.55 bits per heavy atom. The van der Waals surface area contributed by atoms with Gasteiger partial charge in [0.15, 0.2) is 0 Å². The molecule has 0 amide bonds. The Kier molecular flexibility index (Phi) is 10.7. The summed E-state index contributed by atoms with van der Waals surface area (Å²) in [6.45, 7) is 11.0. The summed E-state index contributed by atoms with van der Waals surface area (Å²) < 4.78 is 0. The number of carboxylic acid groups (broad SMARTS) is 1. The molecule has 0 aromatic heterocycles. The smallest absolute Gasteiger partial charge is 0.550 e. The van der Waals surface area contributed by atoms with Gasteiger partial charge in [-0.15, -0.1) is 0 Å². The van der Waals surface area contributed by atoms with Crippen molar-refractivity contribution in [3.05, 3.63) is 0 Å². The van der Waals surface area contributed by atoms with Crippen LogP contribution in [0.5, 0.6) is 0 Å². The molecule has 0 fully saturated rings. The summed E-state index contributed by atoms with van der Waals surface area (Å²) in [7, 11) is 0. The van der Waals surface area contributed by atoms with Gasteiger partial charge in [-0.05, 0) is 30.1 Å². The van der Waals surface area contributed by atoms with E-state index in [4.69, 9.17) is 0 Å². The predicted octanol–water partition coefficient (Wildman–Crippen LogP) is -2.30. The van der Waals surface area contributed by atoms with Gasteiger partial charge in [0.05, 0.1) is 18.3 Å². The third-order valence-electron chi connectivity index (χ3n) is 3.89. The van der Waals surface area contributed by atoms with Crippen molar-refractivity contribution in [2.75, 3.05) is 0 Å². The van der Waals surface area contributed by atoms with Crippen LogP contribution >= 0.6 is 0 Å². The fourth-order valence-electron chi connectivity index (χ4n) is 1.95. The molecule has 4 atom stereocenters. The number of carboxylic acids is 1. The predicted molar refractivity (Wildman–Crippen MR) is 79.3 cm³/mol. The van der Waals surface area contributed by atoms with E-state index in [2.05, 4.69) is 0 Å². The molecule has 0 saturated heterocycles. The van der Waals surface area contributed by atoms with Gasteiger partial charge in [-0.1, -0.05) is 41.5 Å². The zero-order chi connectivity index (χ0) is 17.0. The molecule has 0 aromatic carbocycles. The van der Waals surface area contributed by atoms with Crippen molar-refractivity contribution < 1.29 is 54.8 Å². The number of hydrogen-bond acceptors (Lipinski definition) is 5.